The number of hydrogen-bond acceptors (Lipinski definition) is 4. The van der Waals surface area contributed by atoms with Gasteiger partial charge in [-0.05, 0) is 48.3 Å². The van der Waals surface area contributed by atoms with Crippen molar-refractivity contribution in [1.82, 2.24) is 5.01 Å². The van der Waals surface area contributed by atoms with Crippen LogP contribution in [0.1, 0.15) is 67.2 Å². The van der Waals surface area contributed by atoms with E-state index in [1.54, 1.807) is 0 Å². The van der Waals surface area contributed by atoms with E-state index in [4.69, 9.17) is 0 Å². The molecule has 4 fully saturated rings. The molecule has 5 nitrogen and oxygen atoms in total. The van der Waals surface area contributed by atoms with Gasteiger partial charge in [0.25, 0.3) is 0 Å². The van der Waals surface area contributed by atoms with Gasteiger partial charge in [0.1, 0.15) is 11.6 Å². The van der Waals surface area contributed by atoms with Gasteiger partial charge in [0.15, 0.2) is 0 Å². The summed E-state index contributed by atoms with van der Waals surface area (Å²) >= 11 is 0. The van der Waals surface area contributed by atoms with Crippen molar-refractivity contribution in [2.24, 2.45) is 50.6 Å². The number of ketones is 2. The predicted octanol–water partition coefficient (Wildman–Crippen LogP) is 4.25. The highest BCUT2D eigenvalue weighted by molar-refractivity contribution is 5.92. The van der Waals surface area contributed by atoms with Gasteiger partial charge in [-0.3, -0.25) is 14.6 Å². The Kier molecular flexibility index (Phi) is 3.83. The second-order valence-corrected chi connectivity index (χ2v) is 11.3. The van der Waals surface area contributed by atoms with Crippen LogP contribution in [-0.2, 0) is 9.59 Å². The Morgan fingerprint density at radius 2 is 1.19 bits per heavy atom. The van der Waals surface area contributed by atoms with Crippen molar-refractivity contribution in [1.29, 1.82) is 0 Å². The molecule has 0 aromatic heterocycles. The van der Waals surface area contributed by atoms with Crippen LogP contribution >= 0.6 is 0 Å². The van der Waals surface area contributed by atoms with Crippen molar-refractivity contribution in [2.75, 3.05) is 13.1 Å². The molecule has 0 heterocycles. The fraction of sp³-hybridized carbons (Fsp3) is 0.909. The summed E-state index contributed by atoms with van der Waals surface area (Å²) < 4.78 is 0. The molecule has 0 spiro atoms. The molecular weight excluding hydrogens is 340 g/mol. The van der Waals surface area contributed by atoms with Crippen LogP contribution in [0.25, 0.3) is 0 Å². The molecular formula is C22H34N2O3. The van der Waals surface area contributed by atoms with Crippen LogP contribution in [0.15, 0.2) is 5.29 Å². The first-order chi connectivity index (χ1) is 12.4. The van der Waals surface area contributed by atoms with Crippen LogP contribution in [0.2, 0.25) is 0 Å². The fourth-order valence-corrected chi connectivity index (χ4v) is 7.56. The van der Waals surface area contributed by atoms with E-state index in [1.165, 1.54) is 5.01 Å². The third-order valence-corrected chi connectivity index (χ3v) is 10.3. The van der Waals surface area contributed by atoms with Gasteiger partial charge in [-0.2, -0.15) is 0 Å². The summed E-state index contributed by atoms with van der Waals surface area (Å²) in [5.41, 5.74) is -0.620. The molecule has 0 N–H and O–H groups in total. The molecule has 4 aliphatic rings. The SMILES string of the molecule is CC1(C)[C@@H]2CC[C@]1(C)C(=O)[C@@H]2CN(C[C@@H]1C(=O)[C@@]2(C)CC[C@@H]1C2(C)C)N=O. The minimum Gasteiger partial charge on any atom is -0.299 e. The molecule has 4 rings (SSSR count). The van der Waals surface area contributed by atoms with Gasteiger partial charge in [-0.1, -0.05) is 41.5 Å². The topological polar surface area (TPSA) is 66.8 Å². The number of nitrogens with zero attached hydrogens (tertiary/aromatic N) is 2. The highest BCUT2D eigenvalue weighted by Crippen LogP contribution is 2.67. The molecule has 0 aromatic carbocycles. The molecule has 4 bridgehead atoms. The largest absolute Gasteiger partial charge is 0.299 e. The maximum atomic E-state index is 13.1. The van der Waals surface area contributed by atoms with Gasteiger partial charge in [-0.25, -0.2) is 0 Å². The smallest absolute Gasteiger partial charge is 0.144 e. The zero-order valence-corrected chi connectivity index (χ0v) is 17.7. The standard InChI is InChI=1S/C22H34N2O3/c1-19(2)15-7-9-21(19,5)17(25)13(15)11-24(23-27)12-14-16-8-10-22(6,18(14)26)20(16,3)4/h13-16H,7-12H2,1-6H3/t13-,14+,15-,16+,21-,22-/m1/s1. The number of nitroso groups, excluding NO2 is 1. The Morgan fingerprint density at radius 3 is 1.44 bits per heavy atom. The summed E-state index contributed by atoms with van der Waals surface area (Å²) in [7, 11) is 0. The molecule has 4 aliphatic carbocycles. The van der Waals surface area contributed by atoms with Crippen LogP contribution < -0.4 is 0 Å². The molecule has 0 unspecified atom stereocenters. The first kappa shape index (κ1) is 19.1. The van der Waals surface area contributed by atoms with Crippen molar-refractivity contribution in [3.8, 4) is 0 Å². The molecule has 150 valence electrons. The lowest BCUT2D eigenvalue weighted by atomic mass is 9.70. The van der Waals surface area contributed by atoms with E-state index in [0.717, 1.165) is 25.7 Å². The fourth-order valence-electron chi connectivity index (χ4n) is 7.56. The second-order valence-electron chi connectivity index (χ2n) is 11.3. The number of hydrogen-bond donors (Lipinski definition) is 0. The van der Waals surface area contributed by atoms with E-state index >= 15 is 0 Å². The second kappa shape index (κ2) is 5.42. The monoisotopic (exact) mass is 374 g/mol. The molecule has 0 radical (unpaired) electrons. The summed E-state index contributed by atoms with van der Waals surface area (Å²) in [5.74, 6) is 0.947. The van der Waals surface area contributed by atoms with Gasteiger partial charge in [0.05, 0.1) is 5.29 Å². The van der Waals surface area contributed by atoms with E-state index < -0.39 is 0 Å². The highest BCUT2D eigenvalue weighted by Gasteiger charge is 2.68. The van der Waals surface area contributed by atoms with Gasteiger partial charge in [0.2, 0.25) is 0 Å². The number of fused-ring (bicyclic) bond motifs is 4. The van der Waals surface area contributed by atoms with Crippen molar-refractivity contribution in [2.45, 2.75) is 67.2 Å². The summed E-state index contributed by atoms with van der Waals surface area (Å²) in [6.45, 7) is 13.7. The van der Waals surface area contributed by atoms with Crippen LogP contribution in [0.5, 0.6) is 0 Å². The third kappa shape index (κ3) is 2.06. The Labute approximate surface area is 162 Å². The first-order valence-corrected chi connectivity index (χ1v) is 10.6. The maximum Gasteiger partial charge on any atom is 0.144 e. The van der Waals surface area contributed by atoms with E-state index in [-0.39, 0.29) is 33.5 Å². The number of carbonyl (C=O) groups excluding carboxylic acids is 2. The summed E-state index contributed by atoms with van der Waals surface area (Å²) in [6.07, 6.45) is 3.99. The Bertz CT molecular complexity index is 658. The van der Waals surface area contributed by atoms with Crippen molar-refractivity contribution >= 4 is 11.6 Å². The zero-order valence-electron chi connectivity index (χ0n) is 17.7. The van der Waals surface area contributed by atoms with Crippen LogP contribution in [0, 0.1) is 50.2 Å². The lowest BCUT2D eigenvalue weighted by molar-refractivity contribution is -0.132. The molecule has 5 heteroatoms. The summed E-state index contributed by atoms with van der Waals surface area (Å²) in [4.78, 5) is 37.8. The van der Waals surface area contributed by atoms with Crippen molar-refractivity contribution in [3.05, 3.63) is 4.91 Å². The summed E-state index contributed by atoms with van der Waals surface area (Å²) in [5, 5.41) is 4.78. The predicted molar refractivity (Wildman–Crippen MR) is 104 cm³/mol. The number of rotatable bonds is 5. The molecule has 27 heavy (non-hydrogen) atoms. The normalized spacial score (nSPS) is 46.3. The Balaban J connectivity index is 1.52. The molecule has 0 saturated heterocycles. The van der Waals surface area contributed by atoms with Gasteiger partial charge >= 0.3 is 0 Å². The summed E-state index contributed by atoms with van der Waals surface area (Å²) in [6, 6.07) is 0. The minimum absolute atomic E-state index is 0.0268. The minimum atomic E-state index is -0.283. The van der Waals surface area contributed by atoms with E-state index in [2.05, 4.69) is 46.8 Å². The molecule has 6 atom stereocenters. The number of Topliss-reactive ketones (excluding diaryl/α,β-unsaturated/α-hetero) is 2. The zero-order chi connectivity index (χ0) is 20.0. The lowest BCUT2D eigenvalue weighted by Gasteiger charge is -2.32. The lowest BCUT2D eigenvalue weighted by Crippen LogP contribution is -2.41. The Hall–Kier alpha value is -1.26. The highest BCUT2D eigenvalue weighted by atomic mass is 16.3. The van der Waals surface area contributed by atoms with Gasteiger partial charge in [-0.15, -0.1) is 4.91 Å². The molecule has 0 aromatic rings. The van der Waals surface area contributed by atoms with E-state index in [0.29, 0.717) is 36.5 Å². The maximum absolute atomic E-state index is 13.1. The van der Waals surface area contributed by atoms with Gasteiger partial charge < -0.3 is 0 Å². The number of carbonyl (C=O) groups is 2. The average molecular weight is 375 g/mol. The van der Waals surface area contributed by atoms with Crippen molar-refractivity contribution in [3.63, 3.8) is 0 Å². The quantitative estimate of drug-likeness (QED) is 0.533. The third-order valence-electron chi connectivity index (χ3n) is 10.3. The Morgan fingerprint density at radius 1 is 0.815 bits per heavy atom. The van der Waals surface area contributed by atoms with Gasteiger partial charge in [0, 0.05) is 35.8 Å². The van der Waals surface area contributed by atoms with Crippen LogP contribution in [0.3, 0.4) is 0 Å². The molecule has 0 amide bonds. The van der Waals surface area contributed by atoms with Crippen molar-refractivity contribution < 1.29 is 9.59 Å². The van der Waals surface area contributed by atoms with Crippen LogP contribution in [-0.4, -0.2) is 29.7 Å². The van der Waals surface area contributed by atoms with E-state index in [9.17, 15) is 14.5 Å². The molecule has 0 aliphatic heterocycles. The van der Waals surface area contributed by atoms with Crippen LogP contribution in [0.4, 0.5) is 0 Å². The molecule has 4 saturated carbocycles. The van der Waals surface area contributed by atoms with E-state index in [1.807, 2.05) is 0 Å². The first-order valence-electron chi connectivity index (χ1n) is 10.6. The average Bonchev–Trinajstić information content (AvgIpc) is 3.07.